The number of likely N-dealkylation sites (N-methyl/N-ethyl adjacent to an activating group) is 1. The van der Waals surface area contributed by atoms with Crippen molar-refractivity contribution >= 4 is 61.6 Å². The second-order valence-electron chi connectivity index (χ2n) is 5.97. The van der Waals surface area contributed by atoms with Gasteiger partial charge in [-0.25, -0.2) is 4.98 Å². The van der Waals surface area contributed by atoms with Gasteiger partial charge >= 0.3 is 0 Å². The van der Waals surface area contributed by atoms with Gasteiger partial charge in [-0.3, -0.25) is 9.69 Å². The first kappa shape index (κ1) is 20.0. The Kier molecular flexibility index (Phi) is 7.01. The molecule has 0 fully saturated rings. The van der Waals surface area contributed by atoms with Crippen molar-refractivity contribution in [1.29, 1.82) is 0 Å². The molecule has 1 amide bonds. The molecule has 2 aromatic heterocycles. The van der Waals surface area contributed by atoms with Crippen molar-refractivity contribution in [3.63, 3.8) is 0 Å². The second kappa shape index (κ2) is 9.46. The molecule has 1 aromatic carbocycles. The van der Waals surface area contributed by atoms with Crippen LogP contribution in [0.15, 0.2) is 41.8 Å². The Hall–Kier alpha value is -1.73. The van der Waals surface area contributed by atoms with Gasteiger partial charge in [-0.05, 0) is 48.8 Å². The standard InChI is InChI=1S/C20H22ClN3OS2/c1-3-23(4-2)11-12-24(19(25)10-8-16-6-5-13-26-16)20-22-17-9-7-15(21)14-18(17)27-20/h5-10,13-14H,3-4,11-12H2,1-2H3/b10-8+. The largest absolute Gasteiger partial charge is 0.302 e. The van der Waals surface area contributed by atoms with Crippen molar-refractivity contribution in [1.82, 2.24) is 9.88 Å². The summed E-state index contributed by atoms with van der Waals surface area (Å²) in [4.78, 5) is 22.7. The minimum Gasteiger partial charge on any atom is -0.302 e. The highest BCUT2D eigenvalue weighted by atomic mass is 35.5. The lowest BCUT2D eigenvalue weighted by molar-refractivity contribution is -0.114. The quantitative estimate of drug-likeness (QED) is 0.458. The number of thiophene rings is 1. The van der Waals surface area contributed by atoms with E-state index in [1.54, 1.807) is 22.3 Å². The van der Waals surface area contributed by atoms with Crippen LogP contribution in [-0.2, 0) is 4.79 Å². The van der Waals surface area contributed by atoms with Crippen LogP contribution in [0.25, 0.3) is 16.3 Å². The van der Waals surface area contributed by atoms with Crippen molar-refractivity contribution in [2.75, 3.05) is 31.1 Å². The number of carbonyl (C=O) groups is 1. The van der Waals surface area contributed by atoms with Crippen LogP contribution in [0.1, 0.15) is 18.7 Å². The van der Waals surface area contributed by atoms with Crippen LogP contribution in [0.2, 0.25) is 5.02 Å². The van der Waals surface area contributed by atoms with Crippen molar-refractivity contribution in [3.05, 3.63) is 51.7 Å². The van der Waals surface area contributed by atoms with Gasteiger partial charge in [-0.15, -0.1) is 11.3 Å². The van der Waals surface area contributed by atoms with Gasteiger partial charge in [0.25, 0.3) is 5.91 Å². The molecular weight excluding hydrogens is 398 g/mol. The SMILES string of the molecule is CCN(CC)CCN(C(=O)/C=C/c1cccs1)c1nc2ccc(Cl)cc2s1. The fourth-order valence-corrected chi connectivity index (χ4v) is 4.60. The van der Waals surface area contributed by atoms with E-state index in [0.29, 0.717) is 16.7 Å². The maximum atomic E-state index is 12.9. The number of aromatic nitrogens is 1. The monoisotopic (exact) mass is 419 g/mol. The molecule has 7 heteroatoms. The number of halogens is 1. The average molecular weight is 420 g/mol. The van der Waals surface area contributed by atoms with E-state index in [0.717, 1.165) is 34.7 Å². The Bertz CT molecular complexity index is 917. The van der Waals surface area contributed by atoms with E-state index in [9.17, 15) is 4.79 Å². The lowest BCUT2D eigenvalue weighted by Crippen LogP contribution is -2.38. The lowest BCUT2D eigenvalue weighted by Gasteiger charge is -2.23. The molecular formula is C20H22ClN3OS2. The van der Waals surface area contributed by atoms with E-state index in [-0.39, 0.29) is 5.91 Å². The van der Waals surface area contributed by atoms with Crippen molar-refractivity contribution < 1.29 is 4.79 Å². The number of amides is 1. The highest BCUT2D eigenvalue weighted by Crippen LogP contribution is 2.31. The molecule has 0 unspecified atom stereocenters. The molecule has 0 bridgehead atoms. The zero-order chi connectivity index (χ0) is 19.2. The summed E-state index contributed by atoms with van der Waals surface area (Å²) in [5.41, 5.74) is 0.863. The lowest BCUT2D eigenvalue weighted by atomic mass is 10.3. The molecule has 0 spiro atoms. The predicted octanol–water partition coefficient (Wildman–Crippen LogP) is 5.40. The Morgan fingerprint density at radius 3 is 2.74 bits per heavy atom. The number of hydrogen-bond acceptors (Lipinski definition) is 5. The first-order valence-electron chi connectivity index (χ1n) is 8.92. The highest BCUT2D eigenvalue weighted by molar-refractivity contribution is 7.22. The predicted molar refractivity (Wildman–Crippen MR) is 118 cm³/mol. The fraction of sp³-hybridized carbons (Fsp3) is 0.300. The molecule has 0 aliphatic rings. The fourth-order valence-electron chi connectivity index (χ4n) is 2.71. The van der Waals surface area contributed by atoms with E-state index >= 15 is 0 Å². The molecule has 0 saturated heterocycles. The van der Waals surface area contributed by atoms with Gasteiger partial charge in [0.05, 0.1) is 10.2 Å². The number of anilines is 1. The third kappa shape index (κ3) is 5.17. The van der Waals surface area contributed by atoms with Crippen molar-refractivity contribution in [2.45, 2.75) is 13.8 Å². The van der Waals surface area contributed by atoms with Crippen LogP contribution in [0.4, 0.5) is 5.13 Å². The summed E-state index contributed by atoms with van der Waals surface area (Å²) >= 11 is 9.21. The molecule has 0 aliphatic carbocycles. The zero-order valence-electron chi connectivity index (χ0n) is 15.4. The summed E-state index contributed by atoms with van der Waals surface area (Å²) < 4.78 is 0.986. The van der Waals surface area contributed by atoms with E-state index in [1.165, 1.54) is 11.3 Å². The third-order valence-electron chi connectivity index (χ3n) is 4.30. The molecule has 142 valence electrons. The maximum Gasteiger partial charge on any atom is 0.252 e. The third-order valence-corrected chi connectivity index (χ3v) is 6.42. The van der Waals surface area contributed by atoms with Gasteiger partial charge < -0.3 is 4.90 Å². The van der Waals surface area contributed by atoms with Gasteiger partial charge in [-0.1, -0.05) is 42.9 Å². The number of benzene rings is 1. The van der Waals surface area contributed by atoms with E-state index in [2.05, 4.69) is 23.7 Å². The number of fused-ring (bicyclic) bond motifs is 1. The molecule has 3 aromatic rings. The summed E-state index contributed by atoms with van der Waals surface area (Å²) in [5.74, 6) is -0.0549. The van der Waals surface area contributed by atoms with E-state index in [4.69, 9.17) is 11.6 Å². The molecule has 0 atom stereocenters. The molecule has 0 saturated carbocycles. The smallest absolute Gasteiger partial charge is 0.252 e. The van der Waals surface area contributed by atoms with E-state index < -0.39 is 0 Å². The van der Waals surface area contributed by atoms with Crippen molar-refractivity contribution in [3.8, 4) is 0 Å². The summed E-state index contributed by atoms with van der Waals surface area (Å²) in [6.07, 6.45) is 3.49. The van der Waals surface area contributed by atoms with Gasteiger partial charge in [0.1, 0.15) is 0 Å². The Labute approximate surface area is 172 Å². The minimum absolute atomic E-state index is 0.0549. The molecule has 0 N–H and O–H groups in total. The second-order valence-corrected chi connectivity index (χ2v) is 8.40. The number of carbonyl (C=O) groups excluding carboxylic acids is 1. The van der Waals surface area contributed by atoms with E-state index in [1.807, 2.05) is 41.8 Å². The Balaban J connectivity index is 1.86. The topological polar surface area (TPSA) is 36.4 Å². The summed E-state index contributed by atoms with van der Waals surface area (Å²) in [5, 5.41) is 3.39. The van der Waals surface area contributed by atoms with Crippen LogP contribution in [0, 0.1) is 0 Å². The van der Waals surface area contributed by atoms with Crippen LogP contribution in [-0.4, -0.2) is 42.0 Å². The molecule has 4 nitrogen and oxygen atoms in total. The van der Waals surface area contributed by atoms with Gasteiger partial charge in [0, 0.05) is 29.1 Å². The minimum atomic E-state index is -0.0549. The maximum absolute atomic E-state index is 12.9. The Morgan fingerprint density at radius 2 is 2.04 bits per heavy atom. The van der Waals surface area contributed by atoms with Crippen LogP contribution in [0.5, 0.6) is 0 Å². The molecule has 27 heavy (non-hydrogen) atoms. The number of thiazole rings is 1. The highest BCUT2D eigenvalue weighted by Gasteiger charge is 2.18. The molecule has 0 aliphatic heterocycles. The molecule has 3 rings (SSSR count). The summed E-state index contributed by atoms with van der Waals surface area (Å²) in [6, 6.07) is 9.59. The van der Waals surface area contributed by atoms with Gasteiger partial charge in [-0.2, -0.15) is 0 Å². The first-order chi connectivity index (χ1) is 13.1. The van der Waals surface area contributed by atoms with Crippen LogP contribution in [0.3, 0.4) is 0 Å². The zero-order valence-corrected chi connectivity index (χ0v) is 17.8. The molecule has 0 radical (unpaired) electrons. The normalized spacial score (nSPS) is 11.7. The summed E-state index contributed by atoms with van der Waals surface area (Å²) in [7, 11) is 0. The van der Waals surface area contributed by atoms with Crippen molar-refractivity contribution in [2.24, 2.45) is 0 Å². The molecule has 2 heterocycles. The number of nitrogens with zero attached hydrogens (tertiary/aromatic N) is 3. The summed E-state index contributed by atoms with van der Waals surface area (Å²) in [6.45, 7) is 7.58. The average Bonchev–Trinajstić information content (AvgIpc) is 3.32. The number of rotatable bonds is 8. The first-order valence-corrected chi connectivity index (χ1v) is 11.0. The van der Waals surface area contributed by atoms with Crippen LogP contribution >= 0.6 is 34.3 Å². The number of hydrogen-bond donors (Lipinski definition) is 0. The van der Waals surface area contributed by atoms with Crippen LogP contribution < -0.4 is 4.90 Å². The van der Waals surface area contributed by atoms with Gasteiger partial charge in [0.2, 0.25) is 0 Å². The Morgan fingerprint density at radius 1 is 1.22 bits per heavy atom. The van der Waals surface area contributed by atoms with Gasteiger partial charge in [0.15, 0.2) is 5.13 Å².